The van der Waals surface area contributed by atoms with E-state index in [2.05, 4.69) is 17.5 Å². The highest BCUT2D eigenvalue weighted by molar-refractivity contribution is 7.89. The summed E-state index contributed by atoms with van der Waals surface area (Å²) >= 11 is 1.78. The summed E-state index contributed by atoms with van der Waals surface area (Å²) in [5, 5.41) is 2.09. The van der Waals surface area contributed by atoms with Crippen molar-refractivity contribution in [1.29, 1.82) is 0 Å². The third kappa shape index (κ3) is 3.33. The Kier molecular flexibility index (Phi) is 4.45. The molecule has 1 saturated heterocycles. The molecule has 0 radical (unpaired) electrons. The van der Waals surface area contributed by atoms with Gasteiger partial charge >= 0.3 is 0 Å². The molecule has 0 atom stereocenters. The molecule has 1 aromatic heterocycles. The molecular formula is C13H21NO2S2. The minimum atomic E-state index is -3.04. The molecule has 2 rings (SSSR count). The molecule has 0 aromatic carbocycles. The van der Waals surface area contributed by atoms with Gasteiger partial charge in [0.15, 0.2) is 0 Å². The zero-order valence-electron chi connectivity index (χ0n) is 11.0. The maximum absolute atomic E-state index is 12.1. The van der Waals surface area contributed by atoms with Gasteiger partial charge in [0, 0.05) is 18.0 Å². The lowest BCUT2D eigenvalue weighted by atomic mass is 9.97. The van der Waals surface area contributed by atoms with Crippen LogP contribution >= 0.6 is 11.3 Å². The van der Waals surface area contributed by atoms with Crippen LogP contribution in [0.3, 0.4) is 0 Å². The molecule has 0 saturated carbocycles. The molecule has 0 N–H and O–H groups in total. The number of hydrogen-bond acceptors (Lipinski definition) is 3. The van der Waals surface area contributed by atoms with E-state index in [-0.39, 0.29) is 11.7 Å². The average molecular weight is 287 g/mol. The summed E-state index contributed by atoms with van der Waals surface area (Å²) in [5.41, 5.74) is 0. The van der Waals surface area contributed by atoms with E-state index in [0.29, 0.717) is 19.0 Å². The molecule has 0 spiro atoms. The minimum Gasteiger partial charge on any atom is -0.212 e. The molecule has 0 amide bonds. The lowest BCUT2D eigenvalue weighted by molar-refractivity contribution is 0.320. The van der Waals surface area contributed by atoms with Crippen LogP contribution in [0.25, 0.3) is 0 Å². The molecule has 1 aliphatic rings. The van der Waals surface area contributed by atoms with E-state index in [0.717, 1.165) is 12.8 Å². The van der Waals surface area contributed by atoms with Gasteiger partial charge in [0.25, 0.3) is 0 Å². The summed E-state index contributed by atoms with van der Waals surface area (Å²) in [6.07, 6.45) is 1.91. The SMILES string of the molecule is CC(C)CS(=O)(=O)N1CCC(c2cccs2)CC1. The van der Waals surface area contributed by atoms with Crippen molar-refractivity contribution in [2.24, 2.45) is 5.92 Å². The van der Waals surface area contributed by atoms with Gasteiger partial charge in [-0.05, 0) is 36.1 Å². The zero-order chi connectivity index (χ0) is 13.2. The molecule has 102 valence electrons. The summed E-state index contributed by atoms with van der Waals surface area (Å²) in [6.45, 7) is 5.27. The van der Waals surface area contributed by atoms with Crippen molar-refractivity contribution in [3.8, 4) is 0 Å². The Labute approximate surface area is 114 Å². The first-order chi connectivity index (χ1) is 8.49. The van der Waals surface area contributed by atoms with Gasteiger partial charge in [0.1, 0.15) is 0 Å². The van der Waals surface area contributed by atoms with Gasteiger partial charge in [-0.3, -0.25) is 0 Å². The van der Waals surface area contributed by atoms with E-state index in [4.69, 9.17) is 0 Å². The number of rotatable bonds is 4. The van der Waals surface area contributed by atoms with Gasteiger partial charge in [-0.25, -0.2) is 12.7 Å². The lowest BCUT2D eigenvalue weighted by Gasteiger charge is -2.31. The highest BCUT2D eigenvalue weighted by atomic mass is 32.2. The first-order valence-corrected chi connectivity index (χ1v) is 8.99. The Hall–Kier alpha value is -0.390. The molecule has 0 aliphatic carbocycles. The molecule has 5 heteroatoms. The van der Waals surface area contributed by atoms with Crippen LogP contribution in [0.2, 0.25) is 0 Å². The topological polar surface area (TPSA) is 37.4 Å². The normalized spacial score (nSPS) is 19.5. The molecule has 3 nitrogen and oxygen atoms in total. The predicted octanol–water partition coefficient (Wildman–Crippen LogP) is 2.91. The number of hydrogen-bond donors (Lipinski definition) is 0. The van der Waals surface area contributed by atoms with Gasteiger partial charge < -0.3 is 0 Å². The molecular weight excluding hydrogens is 266 g/mol. The quantitative estimate of drug-likeness (QED) is 0.854. The second kappa shape index (κ2) is 5.72. The monoisotopic (exact) mass is 287 g/mol. The Morgan fingerprint density at radius 1 is 1.39 bits per heavy atom. The Balaban J connectivity index is 1.94. The molecule has 18 heavy (non-hydrogen) atoms. The number of thiophene rings is 1. The van der Waals surface area contributed by atoms with E-state index >= 15 is 0 Å². The lowest BCUT2D eigenvalue weighted by Crippen LogP contribution is -2.40. The van der Waals surface area contributed by atoms with Crippen LogP contribution in [-0.4, -0.2) is 31.6 Å². The number of piperidine rings is 1. The van der Waals surface area contributed by atoms with Crippen molar-refractivity contribution in [3.63, 3.8) is 0 Å². The molecule has 1 aromatic rings. The summed E-state index contributed by atoms with van der Waals surface area (Å²) < 4.78 is 25.9. The van der Waals surface area contributed by atoms with Crippen LogP contribution in [0.4, 0.5) is 0 Å². The second-order valence-electron chi connectivity index (χ2n) is 5.36. The van der Waals surface area contributed by atoms with Crippen molar-refractivity contribution in [3.05, 3.63) is 22.4 Å². The fourth-order valence-electron chi connectivity index (χ4n) is 2.47. The average Bonchev–Trinajstić information content (AvgIpc) is 2.81. The van der Waals surface area contributed by atoms with Crippen molar-refractivity contribution >= 4 is 21.4 Å². The number of nitrogens with zero attached hydrogens (tertiary/aromatic N) is 1. The molecule has 0 bridgehead atoms. The maximum Gasteiger partial charge on any atom is 0.214 e. The first-order valence-electron chi connectivity index (χ1n) is 6.50. The maximum atomic E-state index is 12.1. The van der Waals surface area contributed by atoms with Gasteiger partial charge in [-0.15, -0.1) is 11.3 Å². The highest BCUT2D eigenvalue weighted by Gasteiger charge is 2.29. The first kappa shape index (κ1) is 14.0. The van der Waals surface area contributed by atoms with Gasteiger partial charge in [-0.1, -0.05) is 19.9 Å². The third-order valence-electron chi connectivity index (χ3n) is 3.34. The second-order valence-corrected chi connectivity index (χ2v) is 8.35. The fraction of sp³-hybridized carbons (Fsp3) is 0.692. The van der Waals surface area contributed by atoms with Crippen molar-refractivity contribution in [1.82, 2.24) is 4.31 Å². The Morgan fingerprint density at radius 2 is 2.06 bits per heavy atom. The fourth-order valence-corrected chi connectivity index (χ4v) is 5.19. The third-order valence-corrected chi connectivity index (χ3v) is 6.61. The van der Waals surface area contributed by atoms with Crippen LogP contribution in [-0.2, 0) is 10.0 Å². The predicted molar refractivity (Wildman–Crippen MR) is 76.5 cm³/mol. The van der Waals surface area contributed by atoms with E-state index in [1.807, 2.05) is 13.8 Å². The van der Waals surface area contributed by atoms with E-state index in [1.165, 1.54) is 4.88 Å². The largest absolute Gasteiger partial charge is 0.214 e. The van der Waals surface area contributed by atoms with Crippen LogP contribution < -0.4 is 0 Å². The van der Waals surface area contributed by atoms with Crippen LogP contribution in [0, 0.1) is 5.92 Å². The van der Waals surface area contributed by atoms with Crippen molar-refractivity contribution in [2.45, 2.75) is 32.6 Å². The number of sulfonamides is 1. The van der Waals surface area contributed by atoms with Gasteiger partial charge in [-0.2, -0.15) is 0 Å². The van der Waals surface area contributed by atoms with Gasteiger partial charge in [0.2, 0.25) is 10.0 Å². The molecule has 0 unspecified atom stereocenters. The van der Waals surface area contributed by atoms with E-state index in [9.17, 15) is 8.42 Å². The summed E-state index contributed by atoms with van der Waals surface area (Å²) in [5.74, 6) is 1.02. The summed E-state index contributed by atoms with van der Waals surface area (Å²) in [4.78, 5) is 1.40. The van der Waals surface area contributed by atoms with Crippen LogP contribution in [0.5, 0.6) is 0 Å². The van der Waals surface area contributed by atoms with E-state index in [1.54, 1.807) is 15.6 Å². The van der Waals surface area contributed by atoms with Crippen molar-refractivity contribution < 1.29 is 8.42 Å². The molecule has 1 aliphatic heterocycles. The van der Waals surface area contributed by atoms with E-state index < -0.39 is 10.0 Å². The summed E-state index contributed by atoms with van der Waals surface area (Å²) in [7, 11) is -3.04. The minimum absolute atomic E-state index is 0.199. The Morgan fingerprint density at radius 3 is 2.56 bits per heavy atom. The van der Waals surface area contributed by atoms with Gasteiger partial charge in [0.05, 0.1) is 5.75 Å². The van der Waals surface area contributed by atoms with Crippen molar-refractivity contribution in [2.75, 3.05) is 18.8 Å². The standard InChI is InChI=1S/C13H21NO2S2/c1-11(2)10-18(15,16)14-7-5-12(6-8-14)13-4-3-9-17-13/h3-4,9,11-12H,5-8,10H2,1-2H3. The zero-order valence-corrected chi connectivity index (χ0v) is 12.6. The summed E-state index contributed by atoms with van der Waals surface area (Å²) in [6, 6.07) is 4.23. The highest BCUT2D eigenvalue weighted by Crippen LogP contribution is 2.32. The van der Waals surface area contributed by atoms with Crippen LogP contribution in [0.1, 0.15) is 37.5 Å². The smallest absolute Gasteiger partial charge is 0.212 e. The molecule has 2 heterocycles. The van der Waals surface area contributed by atoms with Crippen LogP contribution in [0.15, 0.2) is 17.5 Å². The molecule has 1 fully saturated rings. The Bertz CT molecular complexity index is 457.